The lowest BCUT2D eigenvalue weighted by atomic mass is 9.44. The number of allylic oxidation sites excluding steroid dienone is 5. The summed E-state index contributed by atoms with van der Waals surface area (Å²) in [6.07, 6.45) is 27.6. The minimum atomic E-state index is 0.738. The van der Waals surface area contributed by atoms with Gasteiger partial charge in [0.05, 0.1) is 0 Å². The largest absolute Gasteiger partial charge is 0.115 e. The summed E-state index contributed by atoms with van der Waals surface area (Å²) in [6.45, 7) is 11.4. The van der Waals surface area contributed by atoms with E-state index >= 15 is 0 Å². The topological polar surface area (TPSA) is 0 Å². The standard InChI is InChI=1S/C32H46/c1-6-8-24(7-2)22(4)20-23(5)27-13-14-29-28(27)15-16-31-30(29)12-11-26-19-21(3)17-18-32(26,31)25-9-10-25/h2,6,8,21,25-31H,5,9-20H2,1,3-4H3/b8-6-,24-22-. The number of hydrogen-bond donors (Lipinski definition) is 0. The molecule has 0 bridgehead atoms. The second-order valence-electron chi connectivity index (χ2n) is 12.6. The quantitative estimate of drug-likeness (QED) is 0.232. The Bertz CT molecular complexity index is 829. The molecule has 0 N–H and O–H groups in total. The highest BCUT2D eigenvalue weighted by Gasteiger charge is 2.62. The van der Waals surface area contributed by atoms with Gasteiger partial charge in [-0.1, -0.05) is 49.1 Å². The molecule has 0 saturated heterocycles. The van der Waals surface area contributed by atoms with Crippen molar-refractivity contribution >= 4 is 0 Å². The van der Waals surface area contributed by atoms with E-state index in [1.54, 1.807) is 38.5 Å². The van der Waals surface area contributed by atoms with Gasteiger partial charge in [-0.3, -0.25) is 0 Å². The maximum Gasteiger partial charge on any atom is 0.0231 e. The van der Waals surface area contributed by atoms with Crippen LogP contribution in [-0.2, 0) is 0 Å². The average Bonchev–Trinajstić information content (AvgIpc) is 3.55. The van der Waals surface area contributed by atoms with Crippen LogP contribution >= 0.6 is 0 Å². The molecule has 0 amide bonds. The van der Waals surface area contributed by atoms with Crippen molar-refractivity contribution in [2.24, 2.45) is 52.8 Å². The number of hydrogen-bond acceptors (Lipinski definition) is 0. The molecule has 5 rings (SSSR count). The SMILES string of the molecule is C#CC(/C=C\C)=C(\C)CC(=C)C1CCC2C1CCC1C2CCC2CC(C)CCC21C1CC1. The summed E-state index contributed by atoms with van der Waals surface area (Å²) in [7, 11) is 0. The van der Waals surface area contributed by atoms with Crippen LogP contribution in [0.5, 0.6) is 0 Å². The fraction of sp³-hybridized carbons (Fsp3) is 0.750. The van der Waals surface area contributed by atoms with E-state index in [9.17, 15) is 0 Å². The third-order valence-corrected chi connectivity index (χ3v) is 11.1. The van der Waals surface area contributed by atoms with Gasteiger partial charge in [-0.05, 0) is 137 Å². The monoisotopic (exact) mass is 430 g/mol. The third-order valence-electron chi connectivity index (χ3n) is 11.1. The molecule has 32 heavy (non-hydrogen) atoms. The molecule has 0 heterocycles. The van der Waals surface area contributed by atoms with Gasteiger partial charge in [-0.2, -0.15) is 0 Å². The van der Waals surface area contributed by atoms with Gasteiger partial charge in [0, 0.05) is 5.57 Å². The predicted molar refractivity (Wildman–Crippen MR) is 137 cm³/mol. The lowest BCUT2D eigenvalue weighted by Crippen LogP contribution is -2.53. The maximum atomic E-state index is 5.78. The molecule has 5 aliphatic rings. The number of terminal acetylenes is 1. The maximum absolute atomic E-state index is 5.78. The van der Waals surface area contributed by atoms with Gasteiger partial charge in [-0.15, -0.1) is 6.42 Å². The number of rotatable bonds is 5. The summed E-state index contributed by atoms with van der Waals surface area (Å²) in [6, 6.07) is 0. The molecular formula is C32H46. The first-order valence-electron chi connectivity index (χ1n) is 14.0. The number of fused-ring (bicyclic) bond motifs is 5. The van der Waals surface area contributed by atoms with Gasteiger partial charge in [-0.25, -0.2) is 0 Å². The van der Waals surface area contributed by atoms with Gasteiger partial charge in [0.1, 0.15) is 0 Å². The van der Waals surface area contributed by atoms with Crippen LogP contribution in [0.1, 0.15) is 97.8 Å². The predicted octanol–water partition coefficient (Wildman–Crippen LogP) is 8.75. The molecule has 174 valence electrons. The second kappa shape index (κ2) is 8.85. The summed E-state index contributed by atoms with van der Waals surface area (Å²) in [4.78, 5) is 0. The van der Waals surface area contributed by atoms with Gasteiger partial charge in [0.15, 0.2) is 0 Å². The van der Waals surface area contributed by atoms with Crippen molar-refractivity contribution in [1.29, 1.82) is 0 Å². The smallest absolute Gasteiger partial charge is 0.0231 e. The molecule has 0 aliphatic heterocycles. The van der Waals surface area contributed by atoms with Crippen molar-refractivity contribution in [2.75, 3.05) is 0 Å². The molecule has 5 aliphatic carbocycles. The van der Waals surface area contributed by atoms with Crippen LogP contribution in [0.25, 0.3) is 0 Å². The van der Waals surface area contributed by atoms with Crippen molar-refractivity contribution in [3.05, 3.63) is 35.5 Å². The molecule has 0 nitrogen and oxygen atoms in total. The van der Waals surface area contributed by atoms with Crippen LogP contribution in [-0.4, -0.2) is 0 Å². The zero-order valence-corrected chi connectivity index (χ0v) is 21.0. The van der Waals surface area contributed by atoms with Crippen molar-refractivity contribution in [3.8, 4) is 12.3 Å². The third kappa shape index (κ3) is 3.67. The lowest BCUT2D eigenvalue weighted by molar-refractivity contribution is -0.118. The summed E-state index contributed by atoms with van der Waals surface area (Å²) in [5, 5.41) is 0. The molecule has 8 unspecified atom stereocenters. The van der Waals surface area contributed by atoms with Crippen molar-refractivity contribution in [3.63, 3.8) is 0 Å². The Kier molecular flexibility index (Phi) is 6.24. The van der Waals surface area contributed by atoms with E-state index in [4.69, 9.17) is 6.42 Å². The van der Waals surface area contributed by atoms with E-state index in [2.05, 4.69) is 45.4 Å². The normalized spacial score (nSPS) is 44.2. The van der Waals surface area contributed by atoms with Crippen LogP contribution in [0, 0.1) is 65.1 Å². The lowest BCUT2D eigenvalue weighted by Gasteiger charge is -2.61. The van der Waals surface area contributed by atoms with Crippen LogP contribution < -0.4 is 0 Å². The van der Waals surface area contributed by atoms with Crippen molar-refractivity contribution in [2.45, 2.75) is 97.8 Å². The van der Waals surface area contributed by atoms with E-state index in [0.29, 0.717) is 0 Å². The fourth-order valence-electron chi connectivity index (χ4n) is 9.82. The highest BCUT2D eigenvalue weighted by atomic mass is 14.7. The van der Waals surface area contributed by atoms with Gasteiger partial charge in [0.25, 0.3) is 0 Å². The van der Waals surface area contributed by atoms with Crippen LogP contribution in [0.15, 0.2) is 35.5 Å². The van der Waals surface area contributed by atoms with E-state index in [-0.39, 0.29) is 0 Å². The van der Waals surface area contributed by atoms with Gasteiger partial charge in [0.2, 0.25) is 0 Å². The highest BCUT2D eigenvalue weighted by molar-refractivity contribution is 5.41. The molecule has 5 saturated carbocycles. The van der Waals surface area contributed by atoms with Crippen LogP contribution in [0.4, 0.5) is 0 Å². The minimum absolute atomic E-state index is 0.738. The molecule has 0 spiro atoms. The van der Waals surface area contributed by atoms with Crippen LogP contribution in [0.3, 0.4) is 0 Å². The van der Waals surface area contributed by atoms with E-state index in [1.807, 2.05) is 0 Å². The summed E-state index contributed by atoms with van der Waals surface area (Å²) < 4.78 is 0. The summed E-state index contributed by atoms with van der Waals surface area (Å²) in [5.41, 5.74) is 4.62. The zero-order valence-electron chi connectivity index (χ0n) is 21.0. The summed E-state index contributed by atoms with van der Waals surface area (Å²) >= 11 is 0. The van der Waals surface area contributed by atoms with Crippen LogP contribution in [0.2, 0.25) is 0 Å². The first-order valence-corrected chi connectivity index (χ1v) is 14.0. The molecule has 8 atom stereocenters. The first kappa shape index (κ1) is 22.6. The van der Waals surface area contributed by atoms with E-state index < -0.39 is 0 Å². The molecule has 5 fully saturated rings. The Morgan fingerprint density at radius 3 is 2.41 bits per heavy atom. The Balaban J connectivity index is 1.33. The van der Waals surface area contributed by atoms with E-state index in [0.717, 1.165) is 64.8 Å². The molecule has 0 aromatic heterocycles. The Hall–Kier alpha value is -1.22. The van der Waals surface area contributed by atoms with Crippen molar-refractivity contribution in [1.82, 2.24) is 0 Å². The summed E-state index contributed by atoms with van der Waals surface area (Å²) in [5.74, 6) is 10.7. The average molecular weight is 431 g/mol. The zero-order chi connectivity index (χ0) is 22.5. The highest BCUT2D eigenvalue weighted by Crippen LogP contribution is 2.70. The molecule has 0 radical (unpaired) electrons. The van der Waals surface area contributed by atoms with E-state index in [1.165, 1.54) is 43.3 Å². The molecule has 0 aromatic carbocycles. The fourth-order valence-corrected chi connectivity index (χ4v) is 9.82. The van der Waals surface area contributed by atoms with Gasteiger partial charge >= 0.3 is 0 Å². The minimum Gasteiger partial charge on any atom is -0.115 e. The van der Waals surface area contributed by atoms with Gasteiger partial charge < -0.3 is 0 Å². The Morgan fingerprint density at radius 2 is 1.69 bits per heavy atom. The second-order valence-corrected chi connectivity index (χ2v) is 12.6. The molecule has 0 heteroatoms. The van der Waals surface area contributed by atoms with Crippen molar-refractivity contribution < 1.29 is 0 Å². The first-order chi connectivity index (χ1) is 15.5. The Labute approximate surface area is 198 Å². The molecular weight excluding hydrogens is 384 g/mol. The Morgan fingerprint density at radius 1 is 0.969 bits per heavy atom. The molecule has 0 aromatic rings.